The molecular formula is C16H23N3O5S2. The van der Waals surface area contributed by atoms with Crippen LogP contribution in [0.4, 0.5) is 0 Å². The van der Waals surface area contributed by atoms with Gasteiger partial charge in [0.15, 0.2) is 14.8 Å². The van der Waals surface area contributed by atoms with Crippen molar-refractivity contribution < 1.29 is 22.7 Å². The van der Waals surface area contributed by atoms with Crippen LogP contribution in [0.3, 0.4) is 0 Å². The van der Waals surface area contributed by atoms with Gasteiger partial charge in [0.05, 0.1) is 29.3 Å². The van der Waals surface area contributed by atoms with Gasteiger partial charge in [-0.3, -0.25) is 9.59 Å². The normalized spacial score (nSPS) is 24.8. The van der Waals surface area contributed by atoms with E-state index in [1.54, 1.807) is 9.80 Å². The van der Waals surface area contributed by atoms with Crippen LogP contribution in [0, 0.1) is 0 Å². The number of fused-ring (bicyclic) bond motifs is 1. The van der Waals surface area contributed by atoms with E-state index in [2.05, 4.69) is 4.98 Å². The number of piperazine rings is 1. The van der Waals surface area contributed by atoms with E-state index in [4.69, 9.17) is 4.74 Å². The van der Waals surface area contributed by atoms with Gasteiger partial charge >= 0.3 is 0 Å². The van der Waals surface area contributed by atoms with E-state index in [0.29, 0.717) is 18.1 Å². The maximum Gasteiger partial charge on any atom is 0.283 e. The number of carbonyl (C=O) groups is 2. The highest BCUT2D eigenvalue weighted by molar-refractivity contribution is 7.91. The van der Waals surface area contributed by atoms with Crippen LogP contribution in [0.15, 0.2) is 5.38 Å². The maximum atomic E-state index is 12.9. The summed E-state index contributed by atoms with van der Waals surface area (Å²) in [5, 5.41) is 2.23. The van der Waals surface area contributed by atoms with Crippen LogP contribution < -0.4 is 0 Å². The molecule has 8 nitrogen and oxygen atoms in total. The molecule has 2 aliphatic heterocycles. The first-order valence-corrected chi connectivity index (χ1v) is 11.2. The van der Waals surface area contributed by atoms with Crippen molar-refractivity contribution in [3.05, 3.63) is 16.1 Å². The predicted octanol–water partition coefficient (Wildman–Crippen LogP) is 0.363. The Hall–Kier alpha value is -1.52. The Labute approximate surface area is 157 Å². The van der Waals surface area contributed by atoms with Gasteiger partial charge in [0.2, 0.25) is 5.91 Å². The van der Waals surface area contributed by atoms with Gasteiger partial charge in [-0.25, -0.2) is 13.4 Å². The molecule has 0 bridgehead atoms. The summed E-state index contributed by atoms with van der Waals surface area (Å²) in [4.78, 5) is 32.7. The molecular weight excluding hydrogens is 378 g/mol. The highest BCUT2D eigenvalue weighted by Gasteiger charge is 2.49. The number of methoxy groups -OCH3 is 1. The number of sulfone groups is 1. The van der Waals surface area contributed by atoms with Crippen molar-refractivity contribution in [2.24, 2.45) is 0 Å². The van der Waals surface area contributed by atoms with Gasteiger partial charge in [0, 0.05) is 25.6 Å². The lowest BCUT2D eigenvalue weighted by Gasteiger charge is -2.43. The van der Waals surface area contributed by atoms with Gasteiger partial charge in [0.1, 0.15) is 6.61 Å². The Kier molecular flexibility index (Phi) is 5.36. The minimum Gasteiger partial charge on any atom is -0.375 e. The predicted molar refractivity (Wildman–Crippen MR) is 97.1 cm³/mol. The molecule has 0 N–H and O–H groups in total. The minimum atomic E-state index is -3.31. The zero-order valence-corrected chi connectivity index (χ0v) is 16.7. The third-order valence-corrected chi connectivity index (χ3v) is 7.37. The van der Waals surface area contributed by atoms with E-state index in [1.165, 1.54) is 18.4 Å². The van der Waals surface area contributed by atoms with E-state index in [9.17, 15) is 18.0 Å². The molecule has 0 aromatic carbocycles. The lowest BCUT2D eigenvalue weighted by Crippen LogP contribution is -2.62. The zero-order valence-electron chi connectivity index (χ0n) is 15.0. The zero-order chi connectivity index (χ0) is 19.1. The third kappa shape index (κ3) is 3.63. The molecule has 2 fully saturated rings. The van der Waals surface area contributed by atoms with Crippen LogP contribution in [0.1, 0.15) is 35.3 Å². The minimum absolute atomic E-state index is 0.0958. The lowest BCUT2D eigenvalue weighted by atomic mass is 10.0. The van der Waals surface area contributed by atoms with Gasteiger partial charge < -0.3 is 14.5 Å². The number of ether oxygens (including phenoxy) is 1. The Balaban J connectivity index is 1.85. The van der Waals surface area contributed by atoms with Crippen molar-refractivity contribution in [1.82, 2.24) is 14.8 Å². The fourth-order valence-electron chi connectivity index (χ4n) is 3.49. The van der Waals surface area contributed by atoms with Gasteiger partial charge in [-0.2, -0.15) is 0 Å². The van der Waals surface area contributed by atoms with Gasteiger partial charge in [-0.1, -0.05) is 13.8 Å². The molecule has 0 radical (unpaired) electrons. The van der Waals surface area contributed by atoms with Crippen LogP contribution in [0.25, 0.3) is 0 Å². The van der Waals surface area contributed by atoms with E-state index in [1.807, 2.05) is 19.2 Å². The van der Waals surface area contributed by atoms with Crippen LogP contribution in [-0.2, 0) is 19.4 Å². The highest BCUT2D eigenvalue weighted by Crippen LogP contribution is 2.29. The number of thiazole rings is 1. The van der Waals surface area contributed by atoms with Crippen molar-refractivity contribution in [2.75, 3.05) is 38.3 Å². The number of carbonyl (C=O) groups excluding carboxylic acids is 2. The fourth-order valence-corrected chi connectivity index (χ4v) is 6.41. The highest BCUT2D eigenvalue weighted by atomic mass is 32.2. The van der Waals surface area contributed by atoms with E-state index in [0.717, 1.165) is 5.69 Å². The molecule has 0 unspecified atom stereocenters. The third-order valence-electron chi connectivity index (χ3n) is 4.82. The number of aromatic nitrogens is 1. The second-order valence-electron chi connectivity index (χ2n) is 6.96. The Morgan fingerprint density at radius 1 is 1.27 bits per heavy atom. The first-order valence-electron chi connectivity index (χ1n) is 8.48. The standard InChI is InChI=1S/C16H23N3O5S2/c1-10(2)11-7-25-15(17-11)16(21)19-5-4-18(14(20)6-24-3)12-8-26(22,23)9-13(12)19/h7,10,12-13H,4-6,8-9H2,1-3H3/t12-,13+/m1/s1. The molecule has 3 rings (SSSR count). The van der Waals surface area contributed by atoms with E-state index >= 15 is 0 Å². The molecule has 2 saturated heterocycles. The van der Waals surface area contributed by atoms with Crippen molar-refractivity contribution in [2.45, 2.75) is 31.8 Å². The first-order chi connectivity index (χ1) is 12.2. The Morgan fingerprint density at radius 3 is 2.46 bits per heavy atom. The average Bonchev–Trinajstić information content (AvgIpc) is 3.16. The van der Waals surface area contributed by atoms with Gasteiger partial charge in [0.25, 0.3) is 5.91 Å². The number of rotatable bonds is 4. The molecule has 0 aliphatic carbocycles. The molecule has 3 heterocycles. The van der Waals surface area contributed by atoms with E-state index in [-0.39, 0.29) is 35.8 Å². The number of hydrogen-bond donors (Lipinski definition) is 0. The molecule has 26 heavy (non-hydrogen) atoms. The van der Waals surface area contributed by atoms with Crippen molar-refractivity contribution in [1.29, 1.82) is 0 Å². The average molecular weight is 402 g/mol. The monoisotopic (exact) mass is 401 g/mol. The Bertz CT molecular complexity index is 805. The summed E-state index contributed by atoms with van der Waals surface area (Å²) < 4.78 is 29.3. The summed E-state index contributed by atoms with van der Waals surface area (Å²) in [7, 11) is -1.89. The maximum absolute atomic E-state index is 12.9. The molecule has 0 spiro atoms. The summed E-state index contributed by atoms with van der Waals surface area (Å²) in [6, 6.07) is -1.06. The van der Waals surface area contributed by atoms with Crippen LogP contribution >= 0.6 is 11.3 Å². The SMILES string of the molecule is COCC(=O)N1CCN(C(=O)c2nc(C(C)C)cs2)[C@H]2CS(=O)(=O)C[C@H]21. The Morgan fingerprint density at radius 2 is 1.88 bits per heavy atom. The second kappa shape index (κ2) is 7.24. The topological polar surface area (TPSA) is 96.9 Å². The number of nitrogens with zero attached hydrogens (tertiary/aromatic N) is 3. The smallest absolute Gasteiger partial charge is 0.283 e. The summed E-state index contributed by atoms with van der Waals surface area (Å²) in [5.41, 5.74) is 0.850. The lowest BCUT2D eigenvalue weighted by molar-refractivity contribution is -0.140. The van der Waals surface area contributed by atoms with Gasteiger partial charge in [-0.05, 0) is 5.92 Å². The number of hydrogen-bond acceptors (Lipinski definition) is 7. The molecule has 2 atom stereocenters. The molecule has 2 aliphatic rings. The molecule has 1 aromatic heterocycles. The first kappa shape index (κ1) is 19.2. The van der Waals surface area contributed by atoms with Crippen molar-refractivity contribution in [3.63, 3.8) is 0 Å². The molecule has 144 valence electrons. The summed E-state index contributed by atoms with van der Waals surface area (Å²) in [6.45, 7) is 4.50. The van der Waals surface area contributed by atoms with Crippen LogP contribution in [0.2, 0.25) is 0 Å². The molecule has 1 aromatic rings. The largest absolute Gasteiger partial charge is 0.375 e. The molecule has 2 amide bonds. The summed E-state index contributed by atoms with van der Waals surface area (Å²) in [6.07, 6.45) is 0. The second-order valence-corrected chi connectivity index (χ2v) is 9.97. The summed E-state index contributed by atoms with van der Waals surface area (Å²) in [5.74, 6) is -0.527. The van der Waals surface area contributed by atoms with Crippen LogP contribution in [0.5, 0.6) is 0 Å². The van der Waals surface area contributed by atoms with E-state index < -0.39 is 21.9 Å². The fraction of sp³-hybridized carbons (Fsp3) is 0.688. The van der Waals surface area contributed by atoms with Crippen molar-refractivity contribution in [3.8, 4) is 0 Å². The van der Waals surface area contributed by atoms with Crippen LogP contribution in [-0.4, -0.2) is 85.4 Å². The quantitative estimate of drug-likeness (QED) is 0.723. The van der Waals surface area contributed by atoms with Gasteiger partial charge in [-0.15, -0.1) is 11.3 Å². The van der Waals surface area contributed by atoms with Crippen molar-refractivity contribution >= 4 is 33.0 Å². The number of amides is 2. The molecule has 10 heteroatoms. The summed E-state index contributed by atoms with van der Waals surface area (Å²) >= 11 is 1.28. The molecule has 0 saturated carbocycles.